The van der Waals surface area contributed by atoms with E-state index >= 15 is 0 Å². The van der Waals surface area contributed by atoms with E-state index in [2.05, 4.69) is 0 Å². The van der Waals surface area contributed by atoms with Crippen molar-refractivity contribution in [2.75, 3.05) is 33.4 Å². The molecule has 0 aromatic heterocycles. The highest BCUT2D eigenvalue weighted by atomic mass is 19.4. The van der Waals surface area contributed by atoms with Crippen LogP contribution in [0.25, 0.3) is 0 Å². The van der Waals surface area contributed by atoms with Gasteiger partial charge in [-0.25, -0.2) is 4.79 Å². The molecule has 2 aliphatic heterocycles. The van der Waals surface area contributed by atoms with Gasteiger partial charge in [-0.1, -0.05) is 26.0 Å². The average Bonchev–Trinajstić information content (AvgIpc) is 2.97. The largest absolute Gasteiger partial charge is 0.416 e. The lowest BCUT2D eigenvalue weighted by Gasteiger charge is -2.42. The number of amides is 3. The summed E-state index contributed by atoms with van der Waals surface area (Å²) in [5.74, 6) is 0.167. The molecule has 2 aliphatic rings. The highest BCUT2D eigenvalue weighted by Gasteiger charge is 2.49. The number of carbonyl (C=O) groups is 2. The van der Waals surface area contributed by atoms with E-state index in [1.807, 2.05) is 13.8 Å². The number of rotatable bonds is 7. The van der Waals surface area contributed by atoms with E-state index < -0.39 is 17.8 Å². The zero-order chi connectivity index (χ0) is 22.1. The first-order chi connectivity index (χ1) is 14.1. The van der Waals surface area contributed by atoms with Crippen molar-refractivity contribution >= 4 is 11.9 Å². The number of alkyl halides is 3. The van der Waals surface area contributed by atoms with E-state index in [0.717, 1.165) is 12.1 Å². The fraction of sp³-hybridized carbons (Fsp3) is 0.619. The molecule has 2 saturated heterocycles. The van der Waals surface area contributed by atoms with Crippen molar-refractivity contribution in [2.24, 2.45) is 5.92 Å². The summed E-state index contributed by atoms with van der Waals surface area (Å²) in [6, 6.07) is 3.97. The number of carbonyl (C=O) groups excluding carboxylic acids is 2. The molecular formula is C21H28F3N3O3. The maximum absolute atomic E-state index is 13.1. The molecule has 0 radical (unpaired) electrons. The van der Waals surface area contributed by atoms with Crippen molar-refractivity contribution in [2.45, 2.75) is 45.1 Å². The molecule has 6 nitrogen and oxygen atoms in total. The summed E-state index contributed by atoms with van der Waals surface area (Å²) in [5.41, 5.74) is -0.0908. The highest BCUT2D eigenvalue weighted by molar-refractivity contribution is 5.90. The van der Waals surface area contributed by atoms with Crippen LogP contribution in [0, 0.1) is 5.92 Å². The van der Waals surface area contributed by atoms with Crippen molar-refractivity contribution in [3.8, 4) is 0 Å². The Morgan fingerprint density at radius 1 is 1.10 bits per heavy atom. The first kappa shape index (κ1) is 22.4. The Balaban J connectivity index is 1.76. The molecule has 2 unspecified atom stereocenters. The number of fused-ring (bicyclic) bond motifs is 1. The first-order valence-electron chi connectivity index (χ1n) is 10.1. The van der Waals surface area contributed by atoms with Crippen LogP contribution in [0.2, 0.25) is 0 Å². The van der Waals surface area contributed by atoms with E-state index in [1.165, 1.54) is 12.1 Å². The number of urea groups is 1. The van der Waals surface area contributed by atoms with Gasteiger partial charge in [-0.2, -0.15) is 13.2 Å². The summed E-state index contributed by atoms with van der Waals surface area (Å²) in [7, 11) is 1.58. The standard InChI is InChI=1S/C21H28F3N3O3/c1-14(2)10-18-19(28)25(8-9-30-3)12-17-13-26(20(29)27(17)18)11-15-4-6-16(7-5-15)21(22,23)24/h4-7,14,17-18H,8-13H2,1-3H3. The van der Waals surface area contributed by atoms with Crippen LogP contribution in [0.4, 0.5) is 18.0 Å². The minimum absolute atomic E-state index is 0.0678. The zero-order valence-electron chi connectivity index (χ0n) is 17.5. The second-order valence-corrected chi connectivity index (χ2v) is 8.34. The van der Waals surface area contributed by atoms with Gasteiger partial charge >= 0.3 is 12.2 Å². The topological polar surface area (TPSA) is 53.1 Å². The maximum atomic E-state index is 13.1. The van der Waals surface area contributed by atoms with E-state index in [1.54, 1.807) is 21.8 Å². The molecule has 9 heteroatoms. The van der Waals surface area contributed by atoms with Crippen LogP contribution in [0.3, 0.4) is 0 Å². The molecule has 0 spiro atoms. The minimum Gasteiger partial charge on any atom is -0.383 e. The predicted molar refractivity (Wildman–Crippen MR) is 105 cm³/mol. The van der Waals surface area contributed by atoms with Crippen LogP contribution in [0.1, 0.15) is 31.4 Å². The van der Waals surface area contributed by atoms with Gasteiger partial charge in [0.2, 0.25) is 5.91 Å². The number of ether oxygens (including phenoxy) is 1. The van der Waals surface area contributed by atoms with E-state index in [4.69, 9.17) is 4.74 Å². The van der Waals surface area contributed by atoms with Gasteiger partial charge in [0.25, 0.3) is 0 Å². The van der Waals surface area contributed by atoms with Gasteiger partial charge in [-0.15, -0.1) is 0 Å². The second-order valence-electron chi connectivity index (χ2n) is 8.34. The minimum atomic E-state index is -4.39. The lowest BCUT2D eigenvalue weighted by molar-refractivity contribution is -0.143. The summed E-state index contributed by atoms with van der Waals surface area (Å²) < 4.78 is 43.5. The third-order valence-electron chi connectivity index (χ3n) is 5.59. The summed E-state index contributed by atoms with van der Waals surface area (Å²) in [6.45, 7) is 6.01. The van der Waals surface area contributed by atoms with Gasteiger partial charge in [0.15, 0.2) is 0 Å². The third-order valence-corrected chi connectivity index (χ3v) is 5.59. The van der Waals surface area contributed by atoms with Crippen molar-refractivity contribution < 1.29 is 27.5 Å². The monoisotopic (exact) mass is 427 g/mol. The van der Waals surface area contributed by atoms with Crippen molar-refractivity contribution in [3.63, 3.8) is 0 Å². The van der Waals surface area contributed by atoms with Gasteiger partial charge < -0.3 is 19.4 Å². The van der Waals surface area contributed by atoms with Crippen LogP contribution in [0.15, 0.2) is 24.3 Å². The molecule has 166 valence electrons. The molecule has 0 aliphatic carbocycles. The van der Waals surface area contributed by atoms with Gasteiger partial charge in [0.1, 0.15) is 6.04 Å². The molecular weight excluding hydrogens is 399 g/mol. The smallest absolute Gasteiger partial charge is 0.383 e. The maximum Gasteiger partial charge on any atom is 0.416 e. The summed E-state index contributed by atoms with van der Waals surface area (Å²) >= 11 is 0. The number of hydrogen-bond donors (Lipinski definition) is 0. The zero-order valence-corrected chi connectivity index (χ0v) is 17.5. The lowest BCUT2D eigenvalue weighted by Crippen LogP contribution is -2.61. The molecule has 30 heavy (non-hydrogen) atoms. The number of piperazine rings is 1. The first-order valence-corrected chi connectivity index (χ1v) is 10.1. The normalized spacial score (nSPS) is 22.3. The van der Waals surface area contributed by atoms with Crippen LogP contribution in [0.5, 0.6) is 0 Å². The van der Waals surface area contributed by atoms with Crippen LogP contribution < -0.4 is 0 Å². The quantitative estimate of drug-likeness (QED) is 0.672. The Morgan fingerprint density at radius 3 is 2.30 bits per heavy atom. The molecule has 3 rings (SSSR count). The van der Waals surface area contributed by atoms with E-state index in [-0.39, 0.29) is 30.4 Å². The highest BCUT2D eigenvalue weighted by Crippen LogP contribution is 2.31. The molecule has 2 atom stereocenters. The average molecular weight is 427 g/mol. The second kappa shape index (κ2) is 8.83. The molecule has 0 bridgehead atoms. The van der Waals surface area contributed by atoms with Gasteiger partial charge in [0, 0.05) is 33.3 Å². The van der Waals surface area contributed by atoms with Crippen LogP contribution >= 0.6 is 0 Å². The van der Waals surface area contributed by atoms with E-state index in [0.29, 0.717) is 38.2 Å². The number of hydrogen-bond acceptors (Lipinski definition) is 3. The van der Waals surface area contributed by atoms with Crippen molar-refractivity contribution in [1.29, 1.82) is 0 Å². The summed E-state index contributed by atoms with van der Waals surface area (Å²) in [4.78, 5) is 31.2. The van der Waals surface area contributed by atoms with Crippen LogP contribution in [-0.4, -0.2) is 72.1 Å². The SMILES string of the molecule is COCCN1CC2CN(Cc3ccc(C(F)(F)F)cc3)C(=O)N2C(CC(C)C)C1=O. The fourth-order valence-electron chi connectivity index (χ4n) is 4.16. The Kier molecular flexibility index (Phi) is 6.59. The third kappa shape index (κ3) is 4.71. The van der Waals surface area contributed by atoms with Crippen molar-refractivity contribution in [1.82, 2.24) is 14.7 Å². The van der Waals surface area contributed by atoms with Crippen LogP contribution in [-0.2, 0) is 22.3 Å². The lowest BCUT2D eigenvalue weighted by atomic mass is 9.97. The Labute approximate surface area is 174 Å². The Hall–Kier alpha value is -2.29. The fourth-order valence-corrected chi connectivity index (χ4v) is 4.16. The molecule has 0 saturated carbocycles. The summed E-state index contributed by atoms with van der Waals surface area (Å²) in [5, 5.41) is 0. The number of halogens is 3. The molecule has 2 fully saturated rings. The Bertz CT molecular complexity index is 767. The summed E-state index contributed by atoms with van der Waals surface area (Å²) in [6.07, 6.45) is -3.82. The van der Waals surface area contributed by atoms with Gasteiger partial charge in [-0.3, -0.25) is 4.79 Å². The number of methoxy groups -OCH3 is 1. The predicted octanol–water partition coefficient (Wildman–Crippen LogP) is 3.21. The molecule has 1 aromatic carbocycles. The van der Waals surface area contributed by atoms with Gasteiger partial charge in [0.05, 0.1) is 18.2 Å². The Morgan fingerprint density at radius 2 is 1.73 bits per heavy atom. The number of nitrogens with zero attached hydrogens (tertiary/aromatic N) is 3. The molecule has 0 N–H and O–H groups in total. The molecule has 1 aromatic rings. The van der Waals surface area contributed by atoms with Gasteiger partial charge in [-0.05, 0) is 30.0 Å². The number of benzene rings is 1. The molecule has 2 heterocycles. The van der Waals surface area contributed by atoms with Crippen molar-refractivity contribution in [3.05, 3.63) is 35.4 Å². The van der Waals surface area contributed by atoms with E-state index in [9.17, 15) is 22.8 Å². The molecule has 3 amide bonds.